The molecule has 0 aliphatic carbocycles. The summed E-state index contributed by atoms with van der Waals surface area (Å²) in [5.74, 6) is -0.228. The van der Waals surface area contributed by atoms with Crippen LogP contribution in [-0.2, 0) is 4.79 Å². The average molecular weight is 281 g/mol. The normalized spacial score (nSPS) is 11.3. The van der Waals surface area contributed by atoms with E-state index in [2.05, 4.69) is 5.32 Å². The Hall–Kier alpha value is -0.440. The molecular formula is C11H12Cl3NO. The number of alkyl halides is 2. The molecule has 0 fully saturated rings. The third kappa shape index (κ3) is 4.60. The molecule has 0 saturated heterocycles. The molecular weight excluding hydrogens is 268 g/mol. The minimum atomic E-state index is -1.05. The molecule has 0 radical (unpaired) electrons. The SMILES string of the molecule is Cc1cc(NC(=O)CC(C)(Cl)Cl)ccc1Cl. The molecule has 0 aromatic heterocycles. The molecule has 0 unspecified atom stereocenters. The van der Waals surface area contributed by atoms with Crippen LogP contribution in [0.3, 0.4) is 0 Å². The molecule has 1 aromatic rings. The van der Waals surface area contributed by atoms with Crippen molar-refractivity contribution in [2.24, 2.45) is 0 Å². The lowest BCUT2D eigenvalue weighted by atomic mass is 10.2. The number of anilines is 1. The van der Waals surface area contributed by atoms with Gasteiger partial charge in [-0.3, -0.25) is 4.79 Å². The van der Waals surface area contributed by atoms with Crippen LogP contribution in [0.25, 0.3) is 0 Å². The van der Waals surface area contributed by atoms with Gasteiger partial charge >= 0.3 is 0 Å². The van der Waals surface area contributed by atoms with Crippen LogP contribution < -0.4 is 5.32 Å². The fraction of sp³-hybridized carbons (Fsp3) is 0.364. The number of amides is 1. The quantitative estimate of drug-likeness (QED) is 0.827. The summed E-state index contributed by atoms with van der Waals surface area (Å²) in [5.41, 5.74) is 1.59. The number of hydrogen-bond donors (Lipinski definition) is 1. The number of benzene rings is 1. The maximum atomic E-state index is 11.5. The van der Waals surface area contributed by atoms with Crippen molar-refractivity contribution < 1.29 is 4.79 Å². The van der Waals surface area contributed by atoms with Crippen LogP contribution in [0.1, 0.15) is 18.9 Å². The molecule has 0 aliphatic rings. The predicted molar refractivity (Wildman–Crippen MR) is 69.5 cm³/mol. The highest BCUT2D eigenvalue weighted by atomic mass is 35.5. The van der Waals surface area contributed by atoms with E-state index in [0.717, 1.165) is 5.56 Å². The zero-order valence-corrected chi connectivity index (χ0v) is 11.2. The van der Waals surface area contributed by atoms with Crippen LogP contribution in [-0.4, -0.2) is 10.2 Å². The van der Waals surface area contributed by atoms with E-state index in [1.807, 2.05) is 6.92 Å². The molecule has 2 nitrogen and oxygen atoms in total. The predicted octanol–water partition coefficient (Wildman–Crippen LogP) is 4.17. The summed E-state index contributed by atoms with van der Waals surface area (Å²) >= 11 is 17.3. The van der Waals surface area contributed by atoms with Crippen molar-refractivity contribution in [3.05, 3.63) is 28.8 Å². The summed E-state index contributed by atoms with van der Waals surface area (Å²) in [6.07, 6.45) is 0.0395. The monoisotopic (exact) mass is 279 g/mol. The highest BCUT2D eigenvalue weighted by molar-refractivity contribution is 6.49. The summed E-state index contributed by atoms with van der Waals surface area (Å²) in [6, 6.07) is 5.25. The first-order chi connectivity index (χ1) is 7.28. The van der Waals surface area contributed by atoms with E-state index in [1.165, 1.54) is 0 Å². The summed E-state index contributed by atoms with van der Waals surface area (Å²) in [7, 11) is 0. The Bertz CT molecular complexity index is 399. The van der Waals surface area contributed by atoms with Crippen LogP contribution in [0.5, 0.6) is 0 Å². The van der Waals surface area contributed by atoms with Gasteiger partial charge < -0.3 is 5.32 Å². The molecule has 0 saturated carbocycles. The van der Waals surface area contributed by atoms with Gasteiger partial charge in [0.2, 0.25) is 5.91 Å². The van der Waals surface area contributed by atoms with Gasteiger partial charge in [-0.15, -0.1) is 23.2 Å². The van der Waals surface area contributed by atoms with Gasteiger partial charge in [0.15, 0.2) is 0 Å². The number of nitrogens with one attached hydrogen (secondary N) is 1. The Morgan fingerprint density at radius 3 is 2.56 bits per heavy atom. The van der Waals surface area contributed by atoms with E-state index in [9.17, 15) is 4.79 Å². The van der Waals surface area contributed by atoms with Gasteiger partial charge in [0.25, 0.3) is 0 Å². The van der Waals surface area contributed by atoms with Gasteiger partial charge in [-0.2, -0.15) is 0 Å². The molecule has 0 bridgehead atoms. The van der Waals surface area contributed by atoms with Gasteiger partial charge in [-0.1, -0.05) is 11.6 Å². The van der Waals surface area contributed by atoms with Crippen molar-refractivity contribution in [2.75, 3.05) is 5.32 Å². The molecule has 1 amide bonds. The van der Waals surface area contributed by atoms with Crippen molar-refractivity contribution in [1.29, 1.82) is 0 Å². The smallest absolute Gasteiger partial charge is 0.227 e. The van der Waals surface area contributed by atoms with Crippen molar-refractivity contribution in [1.82, 2.24) is 0 Å². The minimum Gasteiger partial charge on any atom is -0.326 e. The van der Waals surface area contributed by atoms with E-state index < -0.39 is 4.33 Å². The van der Waals surface area contributed by atoms with Crippen molar-refractivity contribution >= 4 is 46.4 Å². The van der Waals surface area contributed by atoms with Crippen LogP contribution >= 0.6 is 34.8 Å². The highest BCUT2D eigenvalue weighted by Crippen LogP contribution is 2.25. The fourth-order valence-corrected chi connectivity index (χ4v) is 1.57. The summed E-state index contributed by atoms with van der Waals surface area (Å²) in [5, 5.41) is 3.36. The molecule has 0 spiro atoms. The molecule has 1 rings (SSSR count). The van der Waals surface area contributed by atoms with Gasteiger partial charge in [-0.25, -0.2) is 0 Å². The van der Waals surface area contributed by atoms with Crippen molar-refractivity contribution in [3.63, 3.8) is 0 Å². The summed E-state index contributed by atoms with van der Waals surface area (Å²) < 4.78 is -1.05. The maximum Gasteiger partial charge on any atom is 0.227 e. The zero-order valence-electron chi connectivity index (χ0n) is 8.98. The van der Waals surface area contributed by atoms with Crippen LogP contribution in [0.2, 0.25) is 5.02 Å². The Morgan fingerprint density at radius 2 is 2.06 bits per heavy atom. The third-order valence-electron chi connectivity index (χ3n) is 1.91. The van der Waals surface area contributed by atoms with E-state index in [-0.39, 0.29) is 12.3 Å². The largest absolute Gasteiger partial charge is 0.326 e. The number of carbonyl (C=O) groups excluding carboxylic acids is 1. The second kappa shape index (κ2) is 5.26. The number of halogens is 3. The van der Waals surface area contributed by atoms with E-state index in [0.29, 0.717) is 10.7 Å². The lowest BCUT2D eigenvalue weighted by molar-refractivity contribution is -0.116. The number of carbonyl (C=O) groups is 1. The first-order valence-electron chi connectivity index (χ1n) is 4.72. The molecule has 0 heterocycles. The van der Waals surface area contributed by atoms with Crippen molar-refractivity contribution in [2.45, 2.75) is 24.6 Å². The highest BCUT2D eigenvalue weighted by Gasteiger charge is 2.21. The van der Waals surface area contributed by atoms with Gasteiger partial charge in [-0.05, 0) is 37.6 Å². The first kappa shape index (κ1) is 13.6. The Labute approximate surface area is 110 Å². The Balaban J connectivity index is 2.67. The molecule has 0 aliphatic heterocycles. The second-order valence-electron chi connectivity index (χ2n) is 3.76. The van der Waals surface area contributed by atoms with Gasteiger partial charge in [0, 0.05) is 10.7 Å². The van der Waals surface area contributed by atoms with E-state index in [1.54, 1.807) is 25.1 Å². The molecule has 5 heteroatoms. The lowest BCUT2D eigenvalue weighted by Gasteiger charge is -2.13. The molecule has 0 atom stereocenters. The molecule has 1 N–H and O–H groups in total. The number of hydrogen-bond acceptors (Lipinski definition) is 1. The Morgan fingerprint density at radius 1 is 1.44 bits per heavy atom. The van der Waals surface area contributed by atoms with Crippen LogP contribution in [0, 0.1) is 6.92 Å². The van der Waals surface area contributed by atoms with Gasteiger partial charge in [0.05, 0.1) is 6.42 Å². The topological polar surface area (TPSA) is 29.1 Å². The summed E-state index contributed by atoms with van der Waals surface area (Å²) in [4.78, 5) is 11.5. The minimum absolute atomic E-state index is 0.0395. The van der Waals surface area contributed by atoms with Gasteiger partial charge in [0.1, 0.15) is 4.33 Å². The third-order valence-corrected chi connectivity index (χ3v) is 2.60. The molecule has 1 aromatic carbocycles. The zero-order chi connectivity index (χ0) is 12.3. The lowest BCUT2D eigenvalue weighted by Crippen LogP contribution is -2.20. The second-order valence-corrected chi connectivity index (χ2v) is 6.03. The molecule has 16 heavy (non-hydrogen) atoms. The average Bonchev–Trinajstić information content (AvgIpc) is 2.08. The fourth-order valence-electron chi connectivity index (χ4n) is 1.21. The first-order valence-corrected chi connectivity index (χ1v) is 5.85. The number of aryl methyl sites for hydroxylation is 1. The van der Waals surface area contributed by atoms with E-state index in [4.69, 9.17) is 34.8 Å². The Kier molecular flexibility index (Phi) is 4.48. The van der Waals surface area contributed by atoms with E-state index >= 15 is 0 Å². The van der Waals surface area contributed by atoms with Crippen LogP contribution in [0.15, 0.2) is 18.2 Å². The van der Waals surface area contributed by atoms with Crippen LogP contribution in [0.4, 0.5) is 5.69 Å². The number of rotatable bonds is 3. The van der Waals surface area contributed by atoms with Crippen molar-refractivity contribution in [3.8, 4) is 0 Å². The summed E-state index contributed by atoms with van der Waals surface area (Å²) in [6.45, 7) is 3.44. The maximum absolute atomic E-state index is 11.5. The molecule has 88 valence electrons. The standard InChI is InChI=1S/C11H12Cl3NO/c1-7-5-8(3-4-9(7)12)15-10(16)6-11(2,13)14/h3-5H,6H2,1-2H3,(H,15,16).